The summed E-state index contributed by atoms with van der Waals surface area (Å²) in [5.41, 5.74) is -1.20. The second-order valence-electron chi connectivity index (χ2n) is 9.76. The molecule has 9 atom stereocenters. The first-order chi connectivity index (χ1) is 19.9. The van der Waals surface area contributed by atoms with E-state index in [-0.39, 0.29) is 17.1 Å². The minimum atomic E-state index is -1.98. The number of aliphatic hydroxyl groups is 7. The fraction of sp³-hybridized carbons (Fsp3) is 0.423. The minimum absolute atomic E-state index is 0.0830. The molecule has 5 rings (SSSR count). The van der Waals surface area contributed by atoms with Crippen molar-refractivity contribution in [3.8, 4) is 40.1 Å². The van der Waals surface area contributed by atoms with E-state index in [2.05, 4.69) is 0 Å². The zero-order valence-electron chi connectivity index (χ0n) is 21.4. The summed E-state index contributed by atoms with van der Waals surface area (Å²) in [5, 5.41) is 102. The second kappa shape index (κ2) is 11.5. The van der Waals surface area contributed by atoms with Crippen LogP contribution in [0.5, 0.6) is 28.7 Å². The van der Waals surface area contributed by atoms with E-state index in [4.69, 9.17) is 23.4 Å². The monoisotopic (exact) mass is 596 g/mol. The lowest BCUT2D eigenvalue weighted by Crippen LogP contribution is -2.60. The first-order valence-electron chi connectivity index (χ1n) is 12.6. The van der Waals surface area contributed by atoms with Crippen molar-refractivity contribution in [2.75, 3.05) is 13.2 Å². The number of hydrogen-bond donors (Lipinski definition) is 10. The molecule has 2 saturated heterocycles. The number of aliphatic hydroxyl groups excluding tert-OH is 7. The molecule has 0 saturated carbocycles. The van der Waals surface area contributed by atoms with Gasteiger partial charge in [0.1, 0.15) is 59.6 Å². The van der Waals surface area contributed by atoms with Gasteiger partial charge in [-0.3, -0.25) is 4.79 Å². The molecule has 2 aliphatic heterocycles. The number of fused-ring (bicyclic) bond motifs is 1. The van der Waals surface area contributed by atoms with Crippen molar-refractivity contribution in [2.24, 2.45) is 0 Å². The minimum Gasteiger partial charge on any atom is -0.508 e. The largest absolute Gasteiger partial charge is 0.508 e. The number of phenolic OH excluding ortho intramolecular Hbond substituents is 3. The molecule has 0 spiro atoms. The zero-order chi connectivity index (χ0) is 30.5. The van der Waals surface area contributed by atoms with Crippen molar-refractivity contribution in [3.63, 3.8) is 0 Å². The summed E-state index contributed by atoms with van der Waals surface area (Å²) in [6.45, 7) is -1.32. The van der Waals surface area contributed by atoms with Crippen LogP contribution < -0.4 is 14.9 Å². The summed E-state index contributed by atoms with van der Waals surface area (Å²) >= 11 is 0. The molecule has 2 aromatic carbocycles. The third-order valence-electron chi connectivity index (χ3n) is 6.96. The molecule has 0 bridgehead atoms. The van der Waals surface area contributed by atoms with Gasteiger partial charge in [-0.05, 0) is 24.3 Å². The van der Waals surface area contributed by atoms with Crippen LogP contribution in [0.3, 0.4) is 0 Å². The highest BCUT2D eigenvalue weighted by molar-refractivity contribution is 5.95. The summed E-state index contributed by atoms with van der Waals surface area (Å²) in [4.78, 5) is 13.3. The maximum Gasteiger partial charge on any atom is 0.229 e. The van der Waals surface area contributed by atoms with Gasteiger partial charge >= 0.3 is 0 Å². The summed E-state index contributed by atoms with van der Waals surface area (Å²) in [7, 11) is 0. The zero-order valence-corrected chi connectivity index (χ0v) is 21.4. The lowest BCUT2D eigenvalue weighted by molar-refractivity contribution is -0.277. The Balaban J connectivity index is 1.66. The average Bonchev–Trinajstić information content (AvgIpc) is 2.97. The fourth-order valence-electron chi connectivity index (χ4n) is 4.58. The molecule has 228 valence electrons. The predicted molar refractivity (Wildman–Crippen MR) is 136 cm³/mol. The van der Waals surface area contributed by atoms with Gasteiger partial charge in [0.2, 0.25) is 29.8 Å². The van der Waals surface area contributed by atoms with E-state index >= 15 is 0 Å². The Bertz CT molecular complexity index is 1490. The summed E-state index contributed by atoms with van der Waals surface area (Å²) < 4.78 is 27.3. The summed E-state index contributed by atoms with van der Waals surface area (Å²) in [6, 6.07) is 6.40. The van der Waals surface area contributed by atoms with Gasteiger partial charge in [0.25, 0.3) is 0 Å². The van der Waals surface area contributed by atoms with Gasteiger partial charge in [0, 0.05) is 11.6 Å². The SMILES string of the molecule is O=c1cc(-c2ccc(O)cc2)oc2c(O[C@@H]3OC[C@@H](O)[C@@H](O)[C@@H]3O)c(O)c(O[C@@H]3O[C@H](CO)[C@@H](O)[C@H](O)[C@H]3O)c(O)c12. The molecule has 42 heavy (non-hydrogen) atoms. The predicted octanol–water partition coefficient (Wildman–Crippen LogP) is -2.43. The third kappa shape index (κ3) is 5.19. The van der Waals surface area contributed by atoms with Crippen LogP contribution in [0.1, 0.15) is 0 Å². The van der Waals surface area contributed by atoms with E-state index in [1.54, 1.807) is 0 Å². The van der Waals surface area contributed by atoms with E-state index in [0.29, 0.717) is 0 Å². The second-order valence-corrected chi connectivity index (χ2v) is 9.76. The van der Waals surface area contributed by atoms with Crippen LogP contribution >= 0.6 is 0 Å². The smallest absolute Gasteiger partial charge is 0.229 e. The van der Waals surface area contributed by atoms with Crippen LogP contribution in [0.15, 0.2) is 39.5 Å². The van der Waals surface area contributed by atoms with Gasteiger partial charge in [-0.1, -0.05) is 0 Å². The molecule has 3 heterocycles. The Kier molecular flexibility index (Phi) is 8.17. The van der Waals surface area contributed by atoms with Crippen LogP contribution in [0.2, 0.25) is 0 Å². The third-order valence-corrected chi connectivity index (χ3v) is 6.96. The first-order valence-corrected chi connectivity index (χ1v) is 12.6. The van der Waals surface area contributed by atoms with Gasteiger partial charge in [-0.15, -0.1) is 0 Å². The van der Waals surface area contributed by atoms with Crippen LogP contribution in [0.25, 0.3) is 22.3 Å². The molecular weight excluding hydrogens is 568 g/mol. The van der Waals surface area contributed by atoms with E-state index in [1.165, 1.54) is 24.3 Å². The number of rotatable bonds is 6. The normalized spacial score (nSPS) is 31.6. The van der Waals surface area contributed by atoms with Crippen molar-refractivity contribution in [2.45, 2.75) is 55.3 Å². The van der Waals surface area contributed by atoms with Crippen molar-refractivity contribution in [3.05, 3.63) is 40.6 Å². The number of ether oxygens (including phenoxy) is 4. The Morgan fingerprint density at radius 1 is 0.786 bits per heavy atom. The number of hydrogen-bond acceptors (Lipinski definition) is 16. The van der Waals surface area contributed by atoms with Gasteiger partial charge in [0.15, 0.2) is 16.8 Å². The molecule has 3 aromatic rings. The number of benzene rings is 2. The molecule has 2 fully saturated rings. The quantitative estimate of drug-likeness (QED) is 0.142. The molecule has 0 radical (unpaired) electrons. The fourth-order valence-corrected chi connectivity index (χ4v) is 4.58. The highest BCUT2D eigenvalue weighted by atomic mass is 16.7. The van der Waals surface area contributed by atoms with Crippen LogP contribution in [0.4, 0.5) is 0 Å². The van der Waals surface area contributed by atoms with Gasteiger partial charge in [0.05, 0.1) is 13.2 Å². The average molecular weight is 596 g/mol. The van der Waals surface area contributed by atoms with Crippen molar-refractivity contribution in [1.82, 2.24) is 0 Å². The lowest BCUT2D eigenvalue weighted by Gasteiger charge is -2.39. The van der Waals surface area contributed by atoms with E-state index in [0.717, 1.165) is 6.07 Å². The lowest BCUT2D eigenvalue weighted by atomic mass is 9.99. The highest BCUT2D eigenvalue weighted by Crippen LogP contribution is 2.51. The topological polar surface area (TPSA) is 269 Å². The first kappa shape index (κ1) is 29.8. The molecule has 10 N–H and O–H groups in total. The molecule has 2 aliphatic rings. The van der Waals surface area contributed by atoms with Gasteiger partial charge in [-0.2, -0.15) is 0 Å². The molecule has 16 nitrogen and oxygen atoms in total. The molecule has 0 amide bonds. The van der Waals surface area contributed by atoms with Crippen molar-refractivity contribution >= 4 is 11.0 Å². The van der Waals surface area contributed by atoms with E-state index in [1.807, 2.05) is 0 Å². The highest BCUT2D eigenvalue weighted by Gasteiger charge is 2.46. The summed E-state index contributed by atoms with van der Waals surface area (Å²) in [5.74, 6) is -4.00. The van der Waals surface area contributed by atoms with Gasteiger partial charge in [-0.25, -0.2) is 0 Å². The van der Waals surface area contributed by atoms with Crippen LogP contribution in [0, 0.1) is 0 Å². The maximum absolute atomic E-state index is 13.3. The van der Waals surface area contributed by atoms with Gasteiger partial charge < -0.3 is 74.4 Å². The Morgan fingerprint density at radius 3 is 2.10 bits per heavy atom. The Morgan fingerprint density at radius 2 is 1.43 bits per heavy atom. The Hall–Kier alpha value is -3.71. The van der Waals surface area contributed by atoms with E-state index < -0.39 is 108 Å². The van der Waals surface area contributed by atoms with Crippen molar-refractivity contribution in [1.29, 1.82) is 0 Å². The standard InChI is InChI=1S/C26H28O16/c27-6-13-16(32)18(34)20(36)26(40-13)41-23-17(33)14-10(29)5-12(8-1-3-9(28)4-2-8)39-22(14)24(21(23)37)42-25-19(35)15(31)11(30)7-38-25/h1-5,11,13,15-16,18-20,25-28,30-37H,6-7H2/t11-,13-,15-,16-,18+,19+,20-,25+,26+/m1/s1. The molecule has 16 heteroatoms. The molecule has 0 aliphatic carbocycles. The Labute approximate surface area is 235 Å². The van der Waals surface area contributed by atoms with E-state index in [9.17, 15) is 55.9 Å². The summed E-state index contributed by atoms with van der Waals surface area (Å²) in [6.07, 6.45) is -15.8. The number of aromatic hydroxyl groups is 3. The molecule has 0 unspecified atom stereocenters. The molecular formula is C26H28O16. The maximum atomic E-state index is 13.3. The van der Waals surface area contributed by atoms with Crippen molar-refractivity contribution < 1.29 is 74.4 Å². The van der Waals surface area contributed by atoms with Crippen LogP contribution in [-0.4, -0.2) is 120 Å². The molecule has 1 aromatic heterocycles. The number of phenols is 3. The van der Waals surface area contributed by atoms with Crippen LogP contribution in [-0.2, 0) is 9.47 Å².